The quantitative estimate of drug-likeness (QED) is 0.222. The molecule has 0 bridgehead atoms. The minimum absolute atomic E-state index is 0.182. The highest BCUT2D eigenvalue weighted by atomic mass is 32.2. The fourth-order valence-electron chi connectivity index (χ4n) is 4.68. The van der Waals surface area contributed by atoms with Crippen molar-refractivity contribution < 1.29 is 13.9 Å². The summed E-state index contributed by atoms with van der Waals surface area (Å²) in [6, 6.07) is 22.9. The van der Waals surface area contributed by atoms with Crippen molar-refractivity contribution in [2.24, 2.45) is 4.99 Å². The lowest BCUT2D eigenvalue weighted by Crippen LogP contribution is -2.39. The number of aromatic amines is 1. The number of nitrogens with zero attached hydrogens (tertiary/aromatic N) is 3. The van der Waals surface area contributed by atoms with E-state index in [4.69, 9.17) is 14.1 Å². The summed E-state index contributed by atoms with van der Waals surface area (Å²) in [5.41, 5.74) is 2.30. The van der Waals surface area contributed by atoms with Crippen LogP contribution in [0.15, 0.2) is 114 Å². The molecule has 0 saturated carbocycles. The molecule has 0 radical (unpaired) electrons. The zero-order chi connectivity index (χ0) is 29.2. The number of aryl methyl sites for hydroxylation is 1. The highest BCUT2D eigenvalue weighted by molar-refractivity contribution is 7.99. The summed E-state index contributed by atoms with van der Waals surface area (Å²) in [7, 11) is 0. The number of carbonyl (C=O) groups excluding carboxylic acids is 1. The summed E-state index contributed by atoms with van der Waals surface area (Å²) in [6.07, 6.45) is 1.65. The maximum atomic E-state index is 14.0. The summed E-state index contributed by atoms with van der Waals surface area (Å²) in [5, 5.41) is 0.906. The molecule has 1 aliphatic rings. The van der Waals surface area contributed by atoms with Crippen molar-refractivity contribution in [3.63, 3.8) is 0 Å². The first kappa shape index (κ1) is 27.4. The van der Waals surface area contributed by atoms with Crippen LogP contribution in [0.3, 0.4) is 0 Å². The maximum absolute atomic E-state index is 14.0. The molecular weight excluding hydrogens is 572 g/mol. The number of benzene rings is 2. The third-order valence-electron chi connectivity index (χ3n) is 6.41. The van der Waals surface area contributed by atoms with E-state index in [1.165, 1.54) is 29.2 Å². The van der Waals surface area contributed by atoms with E-state index in [1.807, 2.05) is 60.7 Å². The van der Waals surface area contributed by atoms with Gasteiger partial charge in [0, 0.05) is 23.4 Å². The second kappa shape index (κ2) is 11.6. The van der Waals surface area contributed by atoms with Gasteiger partial charge in [-0.3, -0.25) is 14.2 Å². The van der Waals surface area contributed by atoms with E-state index in [2.05, 4.69) is 9.97 Å². The number of furan rings is 1. The lowest BCUT2D eigenvalue weighted by molar-refractivity contribution is -0.138. The molecule has 9 nitrogen and oxygen atoms in total. The molecule has 0 aliphatic carbocycles. The maximum Gasteiger partial charge on any atom is 0.338 e. The van der Waals surface area contributed by atoms with Gasteiger partial charge in [-0.25, -0.2) is 14.8 Å². The van der Waals surface area contributed by atoms with Gasteiger partial charge in [0.15, 0.2) is 15.1 Å². The molecule has 5 aromatic rings. The van der Waals surface area contributed by atoms with Gasteiger partial charge in [0.1, 0.15) is 5.76 Å². The third kappa shape index (κ3) is 5.44. The Morgan fingerprint density at radius 2 is 1.83 bits per heavy atom. The molecule has 1 N–H and O–H groups in total. The second-order valence-electron chi connectivity index (χ2n) is 9.29. The molecule has 4 heterocycles. The number of esters is 1. The monoisotopic (exact) mass is 596 g/mol. The van der Waals surface area contributed by atoms with Crippen molar-refractivity contribution in [3.8, 4) is 0 Å². The molecule has 0 saturated heterocycles. The number of hydrogen-bond donors (Lipinski definition) is 1. The van der Waals surface area contributed by atoms with Crippen LogP contribution in [-0.4, -0.2) is 27.1 Å². The number of aromatic nitrogens is 3. The van der Waals surface area contributed by atoms with Crippen LogP contribution in [0.25, 0.3) is 11.8 Å². The number of fused-ring (bicyclic) bond motifs is 1. The zero-order valence-corrected chi connectivity index (χ0v) is 24.2. The van der Waals surface area contributed by atoms with Crippen molar-refractivity contribution in [2.75, 3.05) is 6.61 Å². The van der Waals surface area contributed by atoms with Gasteiger partial charge in [-0.2, -0.15) is 0 Å². The van der Waals surface area contributed by atoms with Gasteiger partial charge in [0.25, 0.3) is 11.1 Å². The molecule has 0 amide bonds. The molecule has 1 atom stereocenters. The second-order valence-corrected chi connectivity index (χ2v) is 11.3. The number of ether oxygens (including phenoxy) is 1. The SMILES string of the molecule is CCOC(=O)C1=C(c2ccccc2)N=c2s/c(=C/c3ccc(Sc4nc(C)cc(=O)[nH]4)o3)c(=O)n2[C@H]1c1ccccc1. The highest BCUT2D eigenvalue weighted by Crippen LogP contribution is 2.35. The van der Waals surface area contributed by atoms with Crippen LogP contribution in [0.4, 0.5) is 0 Å². The Balaban J connectivity index is 1.49. The Labute approximate surface area is 247 Å². The molecule has 6 rings (SSSR count). The largest absolute Gasteiger partial charge is 0.463 e. The van der Waals surface area contributed by atoms with Gasteiger partial charge in [-0.15, -0.1) is 0 Å². The molecule has 2 aromatic carbocycles. The minimum Gasteiger partial charge on any atom is -0.463 e. The van der Waals surface area contributed by atoms with Gasteiger partial charge in [0.05, 0.1) is 28.5 Å². The lowest BCUT2D eigenvalue weighted by atomic mass is 9.93. The molecule has 0 unspecified atom stereocenters. The average Bonchev–Trinajstić information content (AvgIpc) is 3.55. The number of hydrogen-bond acceptors (Lipinski definition) is 9. The topological polar surface area (TPSA) is 120 Å². The van der Waals surface area contributed by atoms with Crippen molar-refractivity contribution in [1.29, 1.82) is 0 Å². The number of thiazole rings is 1. The van der Waals surface area contributed by atoms with E-state index in [9.17, 15) is 14.4 Å². The fraction of sp³-hybridized carbons (Fsp3) is 0.129. The van der Waals surface area contributed by atoms with E-state index in [1.54, 1.807) is 36.6 Å². The summed E-state index contributed by atoms with van der Waals surface area (Å²) in [4.78, 5) is 51.5. The predicted molar refractivity (Wildman–Crippen MR) is 160 cm³/mol. The predicted octanol–water partition coefficient (Wildman–Crippen LogP) is 4.07. The van der Waals surface area contributed by atoms with E-state index >= 15 is 0 Å². The van der Waals surface area contributed by atoms with Crippen LogP contribution in [0, 0.1) is 6.92 Å². The van der Waals surface area contributed by atoms with E-state index in [0.717, 1.165) is 11.1 Å². The minimum atomic E-state index is -0.745. The highest BCUT2D eigenvalue weighted by Gasteiger charge is 2.35. The Morgan fingerprint density at radius 1 is 1.10 bits per heavy atom. The van der Waals surface area contributed by atoms with Crippen molar-refractivity contribution in [3.05, 3.63) is 137 Å². The van der Waals surface area contributed by atoms with Gasteiger partial charge >= 0.3 is 5.97 Å². The Hall–Kier alpha value is -4.74. The first-order chi connectivity index (χ1) is 20.4. The van der Waals surface area contributed by atoms with Crippen molar-refractivity contribution >= 4 is 40.8 Å². The summed E-state index contributed by atoms with van der Waals surface area (Å²) in [6.45, 7) is 3.67. The zero-order valence-electron chi connectivity index (χ0n) is 22.6. The number of carbonyl (C=O) groups is 1. The molecule has 1 aliphatic heterocycles. The number of rotatable bonds is 7. The van der Waals surface area contributed by atoms with Crippen LogP contribution in [0.2, 0.25) is 0 Å². The van der Waals surface area contributed by atoms with E-state index in [0.29, 0.717) is 42.3 Å². The molecule has 210 valence electrons. The average molecular weight is 597 g/mol. The van der Waals surface area contributed by atoms with Gasteiger partial charge in [0.2, 0.25) is 0 Å². The molecule has 42 heavy (non-hydrogen) atoms. The standard InChI is InChI=1S/C31H24N4O5S2/c1-3-39-29(38)25-26(19-10-6-4-7-11-19)34-31-35(27(25)20-12-8-5-9-13-20)28(37)22(41-31)17-21-14-15-24(40-21)42-30-32-18(2)16-23(36)33-30/h4-17,27H,3H2,1-2H3,(H,32,33,36)/b22-17+/t27-/m0/s1. The first-order valence-corrected chi connectivity index (χ1v) is 14.7. The third-order valence-corrected chi connectivity index (χ3v) is 8.20. The lowest BCUT2D eigenvalue weighted by Gasteiger charge is -2.25. The van der Waals surface area contributed by atoms with Crippen LogP contribution in [0.1, 0.15) is 35.5 Å². The Morgan fingerprint density at radius 3 is 2.55 bits per heavy atom. The first-order valence-electron chi connectivity index (χ1n) is 13.1. The van der Waals surface area contributed by atoms with Crippen molar-refractivity contribution in [2.45, 2.75) is 30.1 Å². The molecular formula is C31H24N4O5S2. The van der Waals surface area contributed by atoms with Crippen LogP contribution < -0.4 is 20.5 Å². The molecule has 0 spiro atoms. The van der Waals surface area contributed by atoms with Crippen LogP contribution in [0.5, 0.6) is 0 Å². The summed E-state index contributed by atoms with van der Waals surface area (Å²) < 4.78 is 13.4. The van der Waals surface area contributed by atoms with Crippen LogP contribution in [-0.2, 0) is 9.53 Å². The summed E-state index contributed by atoms with van der Waals surface area (Å²) >= 11 is 2.39. The molecule has 11 heteroatoms. The Kier molecular flexibility index (Phi) is 7.60. The van der Waals surface area contributed by atoms with Crippen molar-refractivity contribution in [1.82, 2.24) is 14.5 Å². The normalized spacial score (nSPS) is 14.9. The van der Waals surface area contributed by atoms with E-state index in [-0.39, 0.29) is 17.7 Å². The number of H-pyrrole nitrogens is 1. The Bertz CT molecular complexity index is 2060. The van der Waals surface area contributed by atoms with Gasteiger partial charge in [-0.05, 0) is 43.3 Å². The smallest absolute Gasteiger partial charge is 0.338 e. The summed E-state index contributed by atoms with van der Waals surface area (Å²) in [5.74, 6) is -0.0827. The van der Waals surface area contributed by atoms with Gasteiger partial charge < -0.3 is 14.1 Å². The number of nitrogens with one attached hydrogen (secondary N) is 1. The van der Waals surface area contributed by atoms with Crippen LogP contribution >= 0.6 is 23.1 Å². The van der Waals surface area contributed by atoms with E-state index < -0.39 is 12.0 Å². The molecule has 0 fully saturated rings. The van der Waals surface area contributed by atoms with Gasteiger partial charge in [-0.1, -0.05) is 72.0 Å². The fourth-order valence-corrected chi connectivity index (χ4v) is 6.47. The molecule has 3 aromatic heterocycles.